The summed E-state index contributed by atoms with van der Waals surface area (Å²) in [4.78, 5) is 13.0. The molecule has 0 saturated heterocycles. The van der Waals surface area contributed by atoms with E-state index in [1.165, 1.54) is 24.4 Å². The first kappa shape index (κ1) is 29.6. The number of carbonyl (C=O) groups is 1. The number of benzene rings is 4. The van der Waals surface area contributed by atoms with Gasteiger partial charge in [0.1, 0.15) is 13.2 Å². The van der Waals surface area contributed by atoms with Gasteiger partial charge in [-0.3, -0.25) is 9.10 Å². The van der Waals surface area contributed by atoms with E-state index < -0.39 is 22.5 Å². The zero-order valence-corrected chi connectivity index (χ0v) is 24.2. The van der Waals surface area contributed by atoms with Gasteiger partial charge in [-0.15, -0.1) is 0 Å². The maximum Gasteiger partial charge on any atom is 0.264 e. The molecule has 0 fully saturated rings. The Balaban J connectivity index is 1.49. The minimum absolute atomic E-state index is 0.0497. The molecule has 8 nitrogen and oxygen atoms in total. The number of hydrogen-bond donors (Lipinski definition) is 1. The van der Waals surface area contributed by atoms with Gasteiger partial charge >= 0.3 is 0 Å². The Kier molecular flexibility index (Phi) is 10.00. The van der Waals surface area contributed by atoms with Gasteiger partial charge in [-0.2, -0.15) is 5.10 Å². The molecule has 1 amide bonds. The Morgan fingerprint density at radius 1 is 0.927 bits per heavy atom. The number of rotatable bonds is 12. The minimum Gasteiger partial charge on any atom is -0.490 e. The van der Waals surface area contributed by atoms with Crippen LogP contribution in [-0.4, -0.2) is 33.7 Å². The van der Waals surface area contributed by atoms with Crippen LogP contribution in [0.4, 0.5) is 5.69 Å². The molecule has 41 heavy (non-hydrogen) atoms. The highest BCUT2D eigenvalue weighted by molar-refractivity contribution is 7.92. The highest BCUT2D eigenvalue weighted by Crippen LogP contribution is 2.30. The van der Waals surface area contributed by atoms with Crippen LogP contribution in [0.1, 0.15) is 23.6 Å². The summed E-state index contributed by atoms with van der Waals surface area (Å²) in [6.07, 6.45) is 1.45. The number of amides is 1. The number of aryl methyl sites for hydroxylation is 1. The van der Waals surface area contributed by atoms with E-state index in [4.69, 9.17) is 21.1 Å². The topological polar surface area (TPSA) is 97.3 Å². The van der Waals surface area contributed by atoms with Gasteiger partial charge in [0.2, 0.25) is 0 Å². The molecule has 4 rings (SSSR count). The Bertz CT molecular complexity index is 1610. The van der Waals surface area contributed by atoms with Crippen molar-refractivity contribution in [3.63, 3.8) is 0 Å². The van der Waals surface area contributed by atoms with Crippen molar-refractivity contribution < 1.29 is 22.7 Å². The van der Waals surface area contributed by atoms with E-state index in [1.807, 2.05) is 37.3 Å². The van der Waals surface area contributed by atoms with E-state index in [9.17, 15) is 13.2 Å². The molecule has 0 bridgehead atoms. The Morgan fingerprint density at radius 2 is 1.63 bits per heavy atom. The second kappa shape index (κ2) is 13.8. The predicted molar refractivity (Wildman–Crippen MR) is 161 cm³/mol. The van der Waals surface area contributed by atoms with Crippen LogP contribution in [0.2, 0.25) is 5.02 Å². The van der Waals surface area contributed by atoms with Crippen LogP contribution >= 0.6 is 11.6 Å². The van der Waals surface area contributed by atoms with Crippen molar-refractivity contribution >= 4 is 39.4 Å². The molecule has 10 heteroatoms. The normalized spacial score (nSPS) is 11.3. The van der Waals surface area contributed by atoms with Crippen LogP contribution in [0.5, 0.6) is 11.5 Å². The van der Waals surface area contributed by atoms with Gasteiger partial charge in [0.25, 0.3) is 15.9 Å². The summed E-state index contributed by atoms with van der Waals surface area (Å²) in [6, 6.07) is 27.9. The summed E-state index contributed by atoms with van der Waals surface area (Å²) in [5, 5.41) is 4.38. The van der Waals surface area contributed by atoms with E-state index in [2.05, 4.69) is 10.5 Å². The number of carbonyl (C=O) groups excluding carboxylic acids is 1. The lowest BCUT2D eigenvalue weighted by atomic mass is 10.2. The molecule has 1 N–H and O–H groups in total. The lowest BCUT2D eigenvalue weighted by molar-refractivity contribution is -0.119. The summed E-state index contributed by atoms with van der Waals surface area (Å²) >= 11 is 6.18. The van der Waals surface area contributed by atoms with Crippen molar-refractivity contribution in [2.45, 2.75) is 25.3 Å². The van der Waals surface area contributed by atoms with E-state index >= 15 is 0 Å². The molecule has 0 atom stereocenters. The predicted octanol–water partition coefficient (Wildman–Crippen LogP) is 5.97. The first-order valence-corrected chi connectivity index (χ1v) is 14.7. The standard InChI is InChI=1S/C31H30ClN3O5S/c1-3-39-30-18-25(15-17-29(30)40-22-24-10-6-4-7-11-24)20-33-34-31(36)21-35(28-19-26(32)16-14-23(28)2)41(37,38)27-12-8-5-9-13-27/h4-20H,3,21-22H2,1-2H3,(H,34,36)/b33-20+. The second-order valence-corrected chi connectivity index (χ2v) is 11.3. The van der Waals surface area contributed by atoms with E-state index in [0.717, 1.165) is 9.87 Å². The maximum absolute atomic E-state index is 13.5. The molecule has 0 aliphatic heterocycles. The molecular formula is C31H30ClN3O5S. The number of hydrazone groups is 1. The van der Waals surface area contributed by atoms with Gasteiger partial charge < -0.3 is 9.47 Å². The first-order chi connectivity index (χ1) is 19.8. The first-order valence-electron chi connectivity index (χ1n) is 12.9. The van der Waals surface area contributed by atoms with Crippen LogP contribution in [0.3, 0.4) is 0 Å². The number of halogens is 1. The molecule has 0 spiro atoms. The second-order valence-electron chi connectivity index (χ2n) is 8.96. The monoisotopic (exact) mass is 591 g/mol. The number of ether oxygens (including phenoxy) is 2. The number of anilines is 1. The Labute approximate surface area is 245 Å². The quantitative estimate of drug-likeness (QED) is 0.162. The summed E-state index contributed by atoms with van der Waals surface area (Å²) in [7, 11) is -4.08. The molecule has 0 unspecified atom stereocenters. The summed E-state index contributed by atoms with van der Waals surface area (Å²) in [5.41, 5.74) is 5.04. The number of sulfonamides is 1. The van der Waals surface area contributed by atoms with Gasteiger partial charge in [0.15, 0.2) is 11.5 Å². The molecular weight excluding hydrogens is 562 g/mol. The maximum atomic E-state index is 13.5. The average Bonchev–Trinajstić information content (AvgIpc) is 2.98. The van der Waals surface area contributed by atoms with E-state index in [-0.39, 0.29) is 4.90 Å². The fourth-order valence-electron chi connectivity index (χ4n) is 3.94. The van der Waals surface area contributed by atoms with Crippen LogP contribution in [-0.2, 0) is 21.4 Å². The van der Waals surface area contributed by atoms with Crippen molar-refractivity contribution in [2.75, 3.05) is 17.5 Å². The molecule has 4 aromatic rings. The van der Waals surface area contributed by atoms with Crippen LogP contribution in [0.15, 0.2) is 107 Å². The Morgan fingerprint density at radius 3 is 2.34 bits per heavy atom. The van der Waals surface area contributed by atoms with Gasteiger partial charge in [0, 0.05) is 5.02 Å². The highest BCUT2D eigenvalue weighted by atomic mass is 35.5. The van der Waals surface area contributed by atoms with Crippen molar-refractivity contribution in [3.8, 4) is 11.5 Å². The van der Waals surface area contributed by atoms with E-state index in [0.29, 0.717) is 46.5 Å². The third-order valence-electron chi connectivity index (χ3n) is 5.97. The Hall–Kier alpha value is -4.34. The molecule has 0 radical (unpaired) electrons. The number of nitrogens with zero attached hydrogens (tertiary/aromatic N) is 2. The molecule has 0 heterocycles. The highest BCUT2D eigenvalue weighted by Gasteiger charge is 2.28. The summed E-state index contributed by atoms with van der Waals surface area (Å²) in [6.45, 7) is 3.94. The molecule has 0 saturated carbocycles. The minimum atomic E-state index is -4.08. The fourth-order valence-corrected chi connectivity index (χ4v) is 5.61. The summed E-state index contributed by atoms with van der Waals surface area (Å²) < 4.78 is 39.8. The lowest BCUT2D eigenvalue weighted by Gasteiger charge is -2.25. The smallest absolute Gasteiger partial charge is 0.264 e. The third-order valence-corrected chi connectivity index (χ3v) is 7.97. The summed E-state index contributed by atoms with van der Waals surface area (Å²) in [5.74, 6) is 0.485. The lowest BCUT2D eigenvalue weighted by Crippen LogP contribution is -2.40. The molecule has 0 aliphatic carbocycles. The van der Waals surface area contributed by atoms with Crippen molar-refractivity contribution in [2.24, 2.45) is 5.10 Å². The third kappa shape index (κ3) is 7.87. The van der Waals surface area contributed by atoms with Crippen molar-refractivity contribution in [1.29, 1.82) is 0 Å². The molecule has 4 aromatic carbocycles. The average molecular weight is 592 g/mol. The molecule has 0 aliphatic rings. The molecule has 212 valence electrons. The largest absolute Gasteiger partial charge is 0.490 e. The van der Waals surface area contributed by atoms with Crippen molar-refractivity contribution in [3.05, 3.63) is 119 Å². The van der Waals surface area contributed by atoms with Gasteiger partial charge in [0.05, 0.1) is 23.4 Å². The van der Waals surface area contributed by atoms with Crippen LogP contribution in [0.25, 0.3) is 0 Å². The van der Waals surface area contributed by atoms with Crippen molar-refractivity contribution in [1.82, 2.24) is 5.43 Å². The zero-order chi connectivity index (χ0) is 29.2. The molecule has 0 aromatic heterocycles. The fraction of sp³-hybridized carbons (Fsp3) is 0.161. The van der Waals surface area contributed by atoms with Gasteiger partial charge in [-0.05, 0) is 73.0 Å². The van der Waals surface area contributed by atoms with Crippen LogP contribution < -0.4 is 19.2 Å². The van der Waals surface area contributed by atoms with Crippen LogP contribution in [0, 0.1) is 6.92 Å². The van der Waals surface area contributed by atoms with E-state index in [1.54, 1.807) is 55.5 Å². The van der Waals surface area contributed by atoms with Gasteiger partial charge in [-0.1, -0.05) is 66.2 Å². The number of hydrogen-bond acceptors (Lipinski definition) is 6. The number of nitrogens with one attached hydrogen (secondary N) is 1. The SMILES string of the molecule is CCOc1cc(/C=N/NC(=O)CN(c2cc(Cl)ccc2C)S(=O)(=O)c2ccccc2)ccc1OCc1ccccc1. The zero-order valence-electron chi connectivity index (χ0n) is 22.7. The van der Waals surface area contributed by atoms with Gasteiger partial charge in [-0.25, -0.2) is 13.8 Å².